The van der Waals surface area contributed by atoms with Crippen LogP contribution in [0.5, 0.6) is 0 Å². The fraction of sp³-hybridized carbons (Fsp3) is 0.538. The molecule has 0 saturated carbocycles. The van der Waals surface area contributed by atoms with Crippen molar-refractivity contribution in [2.45, 2.75) is 39.2 Å². The van der Waals surface area contributed by atoms with Gasteiger partial charge in [-0.2, -0.15) is 0 Å². The van der Waals surface area contributed by atoms with Crippen LogP contribution in [-0.4, -0.2) is 5.11 Å². The van der Waals surface area contributed by atoms with Gasteiger partial charge in [0.2, 0.25) is 0 Å². The largest absolute Gasteiger partial charge is 0.398 e. The van der Waals surface area contributed by atoms with E-state index in [2.05, 4.69) is 13.8 Å². The molecule has 1 rings (SSSR count). The van der Waals surface area contributed by atoms with Crippen LogP contribution in [-0.2, 0) is 0 Å². The highest BCUT2D eigenvalue weighted by Crippen LogP contribution is 2.27. The molecular weight excluding hydrogens is 186 g/mol. The van der Waals surface area contributed by atoms with E-state index in [1.807, 2.05) is 24.3 Å². The fourth-order valence-corrected chi connectivity index (χ4v) is 1.93. The number of nitrogen functional groups attached to an aromatic ring is 1. The van der Waals surface area contributed by atoms with Crippen molar-refractivity contribution in [3.63, 3.8) is 0 Å². The predicted molar refractivity (Wildman–Crippen MR) is 64.5 cm³/mol. The summed E-state index contributed by atoms with van der Waals surface area (Å²) in [5, 5.41) is 10.0. The predicted octanol–water partition coefficient (Wildman–Crippen LogP) is 3.13. The summed E-state index contributed by atoms with van der Waals surface area (Å²) in [4.78, 5) is 0. The highest BCUT2D eigenvalue weighted by Gasteiger charge is 2.13. The van der Waals surface area contributed by atoms with Crippen molar-refractivity contribution in [1.82, 2.24) is 0 Å². The van der Waals surface area contributed by atoms with Crippen molar-refractivity contribution in [2.24, 2.45) is 5.92 Å². The Labute approximate surface area is 92.1 Å². The average molecular weight is 207 g/mol. The van der Waals surface area contributed by atoms with Gasteiger partial charge in [0, 0.05) is 11.3 Å². The Morgan fingerprint density at radius 3 is 2.60 bits per heavy atom. The average Bonchev–Trinajstić information content (AvgIpc) is 2.18. The van der Waals surface area contributed by atoms with Gasteiger partial charge in [0.15, 0.2) is 0 Å². The lowest BCUT2D eigenvalue weighted by Gasteiger charge is -2.17. The van der Waals surface area contributed by atoms with Gasteiger partial charge in [-0.25, -0.2) is 0 Å². The minimum absolute atomic E-state index is 0.423. The second-order valence-electron chi connectivity index (χ2n) is 4.27. The molecular formula is C13H21NO. The summed E-state index contributed by atoms with van der Waals surface area (Å²) in [6, 6.07) is 7.54. The van der Waals surface area contributed by atoms with Crippen LogP contribution < -0.4 is 5.73 Å². The van der Waals surface area contributed by atoms with Gasteiger partial charge in [-0.15, -0.1) is 0 Å². The smallest absolute Gasteiger partial charge is 0.0812 e. The Morgan fingerprint density at radius 2 is 2.00 bits per heavy atom. The lowest BCUT2D eigenvalue weighted by Crippen LogP contribution is -2.06. The maximum absolute atomic E-state index is 10.0. The van der Waals surface area contributed by atoms with E-state index in [0.717, 1.165) is 24.8 Å². The minimum atomic E-state index is -0.423. The van der Waals surface area contributed by atoms with E-state index >= 15 is 0 Å². The molecule has 0 amide bonds. The summed E-state index contributed by atoms with van der Waals surface area (Å²) >= 11 is 0. The van der Waals surface area contributed by atoms with E-state index in [1.54, 1.807) is 0 Å². The first kappa shape index (κ1) is 12.1. The Morgan fingerprint density at radius 1 is 1.33 bits per heavy atom. The van der Waals surface area contributed by atoms with Gasteiger partial charge in [-0.1, -0.05) is 44.9 Å². The van der Waals surface area contributed by atoms with Crippen molar-refractivity contribution in [1.29, 1.82) is 0 Å². The van der Waals surface area contributed by atoms with E-state index in [0.29, 0.717) is 11.6 Å². The maximum Gasteiger partial charge on any atom is 0.0812 e. The molecule has 2 heteroatoms. The van der Waals surface area contributed by atoms with Crippen LogP contribution in [0.1, 0.15) is 44.8 Å². The van der Waals surface area contributed by atoms with Crippen LogP contribution >= 0.6 is 0 Å². The van der Waals surface area contributed by atoms with Crippen molar-refractivity contribution in [3.8, 4) is 0 Å². The molecule has 2 unspecified atom stereocenters. The summed E-state index contributed by atoms with van der Waals surface area (Å²) in [7, 11) is 0. The summed E-state index contributed by atoms with van der Waals surface area (Å²) in [5.74, 6) is 0.546. The molecule has 15 heavy (non-hydrogen) atoms. The Hall–Kier alpha value is -1.02. The second-order valence-corrected chi connectivity index (χ2v) is 4.27. The van der Waals surface area contributed by atoms with Gasteiger partial charge >= 0.3 is 0 Å². The van der Waals surface area contributed by atoms with Crippen molar-refractivity contribution in [2.75, 3.05) is 5.73 Å². The zero-order valence-corrected chi connectivity index (χ0v) is 9.61. The van der Waals surface area contributed by atoms with Gasteiger partial charge < -0.3 is 10.8 Å². The summed E-state index contributed by atoms with van der Waals surface area (Å²) in [6.45, 7) is 4.34. The van der Waals surface area contributed by atoms with Crippen LogP contribution in [0.3, 0.4) is 0 Å². The number of hydrogen-bond acceptors (Lipinski definition) is 2. The molecule has 0 bridgehead atoms. The Balaban J connectivity index is 2.61. The van der Waals surface area contributed by atoms with Crippen molar-refractivity contribution < 1.29 is 5.11 Å². The third kappa shape index (κ3) is 3.56. The van der Waals surface area contributed by atoms with E-state index in [4.69, 9.17) is 5.73 Å². The Kier molecular flexibility index (Phi) is 4.63. The van der Waals surface area contributed by atoms with Crippen LogP contribution in [0.15, 0.2) is 24.3 Å². The standard InChI is InChI=1S/C13H21NO/c1-3-6-10(2)9-13(15)11-7-4-5-8-12(11)14/h4-5,7-8,10,13,15H,3,6,9,14H2,1-2H3. The number of aliphatic hydroxyl groups excluding tert-OH is 1. The number of nitrogens with two attached hydrogens (primary N) is 1. The SMILES string of the molecule is CCCC(C)CC(O)c1ccccc1N. The minimum Gasteiger partial charge on any atom is -0.398 e. The summed E-state index contributed by atoms with van der Waals surface area (Å²) in [6.07, 6.45) is 2.69. The second kappa shape index (κ2) is 5.76. The maximum atomic E-state index is 10.0. The molecule has 1 aromatic carbocycles. The summed E-state index contributed by atoms with van der Waals surface area (Å²) < 4.78 is 0. The number of rotatable bonds is 5. The zero-order valence-electron chi connectivity index (χ0n) is 9.61. The van der Waals surface area contributed by atoms with Gasteiger partial charge in [-0.3, -0.25) is 0 Å². The topological polar surface area (TPSA) is 46.2 Å². The van der Waals surface area contributed by atoms with Gasteiger partial charge in [-0.05, 0) is 18.4 Å². The third-order valence-corrected chi connectivity index (χ3v) is 2.76. The van der Waals surface area contributed by atoms with Crippen LogP contribution in [0.4, 0.5) is 5.69 Å². The first-order chi connectivity index (χ1) is 7.15. The lowest BCUT2D eigenvalue weighted by atomic mass is 9.94. The Bertz CT molecular complexity index is 298. The number of hydrogen-bond donors (Lipinski definition) is 2. The molecule has 2 nitrogen and oxygen atoms in total. The molecule has 0 aromatic heterocycles. The normalized spacial score (nSPS) is 14.9. The molecule has 0 aliphatic heterocycles. The van der Waals surface area contributed by atoms with Crippen molar-refractivity contribution >= 4 is 5.69 Å². The molecule has 0 heterocycles. The fourth-order valence-electron chi connectivity index (χ4n) is 1.93. The number of aliphatic hydroxyl groups is 1. The van der Waals surface area contributed by atoms with E-state index in [-0.39, 0.29) is 0 Å². The molecule has 0 radical (unpaired) electrons. The first-order valence-electron chi connectivity index (χ1n) is 5.67. The lowest BCUT2D eigenvalue weighted by molar-refractivity contribution is 0.146. The van der Waals surface area contributed by atoms with Gasteiger partial charge in [0.25, 0.3) is 0 Å². The number of benzene rings is 1. The van der Waals surface area contributed by atoms with E-state index in [9.17, 15) is 5.11 Å². The molecule has 84 valence electrons. The highest BCUT2D eigenvalue weighted by molar-refractivity contribution is 5.47. The molecule has 0 aliphatic rings. The summed E-state index contributed by atoms with van der Waals surface area (Å²) in [5.41, 5.74) is 7.36. The highest BCUT2D eigenvalue weighted by atomic mass is 16.3. The monoisotopic (exact) mass is 207 g/mol. The quantitative estimate of drug-likeness (QED) is 0.729. The van der Waals surface area contributed by atoms with Crippen molar-refractivity contribution in [3.05, 3.63) is 29.8 Å². The van der Waals surface area contributed by atoms with E-state index < -0.39 is 6.10 Å². The number of anilines is 1. The third-order valence-electron chi connectivity index (χ3n) is 2.76. The molecule has 0 fully saturated rings. The molecule has 0 spiro atoms. The molecule has 0 saturated heterocycles. The van der Waals surface area contributed by atoms with Gasteiger partial charge in [0.05, 0.1) is 6.10 Å². The molecule has 3 N–H and O–H groups in total. The van der Waals surface area contributed by atoms with Crippen LogP contribution in [0, 0.1) is 5.92 Å². The van der Waals surface area contributed by atoms with Crippen LogP contribution in [0.2, 0.25) is 0 Å². The van der Waals surface area contributed by atoms with Gasteiger partial charge in [0.1, 0.15) is 0 Å². The number of para-hydroxylation sites is 1. The molecule has 0 aliphatic carbocycles. The van der Waals surface area contributed by atoms with E-state index in [1.165, 1.54) is 0 Å². The molecule has 1 aromatic rings. The van der Waals surface area contributed by atoms with Crippen LogP contribution in [0.25, 0.3) is 0 Å². The zero-order chi connectivity index (χ0) is 11.3. The molecule has 2 atom stereocenters. The first-order valence-corrected chi connectivity index (χ1v) is 5.67.